The maximum atomic E-state index is 12.7. The first kappa shape index (κ1) is 16.7. The van der Waals surface area contributed by atoms with Crippen LogP contribution in [0.15, 0.2) is 24.5 Å². The van der Waals surface area contributed by atoms with Crippen LogP contribution in [0.5, 0.6) is 0 Å². The smallest absolute Gasteiger partial charge is 0.372 e. The third-order valence-corrected chi connectivity index (χ3v) is 4.02. The lowest BCUT2D eigenvalue weighted by Gasteiger charge is -2.20. The molecule has 3 rings (SSSR count). The first-order chi connectivity index (χ1) is 11.5. The van der Waals surface area contributed by atoms with Crippen LogP contribution in [0.4, 0.5) is 19.1 Å². The van der Waals surface area contributed by atoms with Gasteiger partial charge in [0, 0.05) is 38.0 Å². The summed E-state index contributed by atoms with van der Waals surface area (Å²) in [6.45, 7) is 3.77. The summed E-state index contributed by atoms with van der Waals surface area (Å²) >= 11 is 0. The summed E-state index contributed by atoms with van der Waals surface area (Å²) in [5.74, 6) is 0.0876. The van der Waals surface area contributed by atoms with Gasteiger partial charge in [-0.3, -0.25) is 4.68 Å². The number of hydrogen-bond donors (Lipinski definition) is 1. The normalized spacial score (nSPS) is 21.2. The highest BCUT2D eigenvalue weighted by Gasteiger charge is 2.34. The van der Waals surface area contributed by atoms with Gasteiger partial charge in [-0.25, -0.2) is 9.97 Å². The maximum absolute atomic E-state index is 12.7. The van der Waals surface area contributed by atoms with Crippen LogP contribution in [0.1, 0.15) is 30.8 Å². The van der Waals surface area contributed by atoms with Crippen molar-refractivity contribution in [2.24, 2.45) is 5.92 Å². The second-order valence-corrected chi connectivity index (χ2v) is 5.56. The number of halogens is 3. The van der Waals surface area contributed by atoms with Gasteiger partial charge >= 0.3 is 6.18 Å². The number of anilines is 1. The van der Waals surface area contributed by atoms with Crippen LogP contribution in [-0.4, -0.2) is 32.9 Å². The Hall–Kier alpha value is -2.16. The second kappa shape index (κ2) is 6.76. The van der Waals surface area contributed by atoms with E-state index in [1.807, 2.05) is 17.7 Å². The number of alkyl halides is 3. The van der Waals surface area contributed by atoms with Gasteiger partial charge < -0.3 is 10.1 Å². The van der Waals surface area contributed by atoms with Gasteiger partial charge in [0.25, 0.3) is 0 Å². The second-order valence-electron chi connectivity index (χ2n) is 5.56. The predicted molar refractivity (Wildman–Crippen MR) is 80.2 cm³/mol. The zero-order chi connectivity index (χ0) is 17.2. The molecule has 0 aliphatic carbocycles. The number of hydrogen-bond acceptors (Lipinski definition) is 5. The molecule has 1 aliphatic heterocycles. The van der Waals surface area contributed by atoms with Gasteiger partial charge in [0.1, 0.15) is 11.8 Å². The highest BCUT2D eigenvalue weighted by molar-refractivity contribution is 5.26. The van der Waals surface area contributed by atoms with E-state index in [-0.39, 0.29) is 18.0 Å². The molecule has 2 aromatic rings. The summed E-state index contributed by atoms with van der Waals surface area (Å²) in [5, 5.41) is 7.13. The molecule has 1 N–H and O–H groups in total. The van der Waals surface area contributed by atoms with Crippen LogP contribution < -0.4 is 5.32 Å². The predicted octanol–water partition coefficient (Wildman–Crippen LogP) is 2.90. The lowest BCUT2D eigenvalue weighted by Crippen LogP contribution is -2.21. The van der Waals surface area contributed by atoms with Crippen molar-refractivity contribution in [2.75, 3.05) is 18.5 Å². The monoisotopic (exact) mass is 341 g/mol. The molecule has 6 nitrogen and oxygen atoms in total. The zero-order valence-electron chi connectivity index (χ0n) is 13.1. The largest absolute Gasteiger partial charge is 0.433 e. The minimum atomic E-state index is -4.48. The van der Waals surface area contributed by atoms with Crippen LogP contribution >= 0.6 is 0 Å². The van der Waals surface area contributed by atoms with Gasteiger partial charge in [0.15, 0.2) is 0 Å². The van der Waals surface area contributed by atoms with E-state index in [1.165, 1.54) is 0 Å². The first-order valence-corrected chi connectivity index (χ1v) is 7.76. The average Bonchev–Trinajstić information content (AvgIpc) is 3.20. The fourth-order valence-electron chi connectivity index (χ4n) is 2.84. The van der Waals surface area contributed by atoms with Gasteiger partial charge in [0.2, 0.25) is 5.95 Å². The van der Waals surface area contributed by atoms with E-state index in [9.17, 15) is 13.2 Å². The summed E-state index contributed by atoms with van der Waals surface area (Å²) in [6, 6.07) is 2.76. The molecule has 0 bridgehead atoms. The van der Waals surface area contributed by atoms with Crippen LogP contribution in [0.3, 0.4) is 0 Å². The molecule has 0 aromatic carbocycles. The minimum absolute atomic E-state index is 0.0283. The van der Waals surface area contributed by atoms with Gasteiger partial charge in [-0.1, -0.05) is 0 Å². The Labute approximate surface area is 137 Å². The summed E-state index contributed by atoms with van der Waals surface area (Å²) < 4.78 is 45.7. The highest BCUT2D eigenvalue weighted by Crippen LogP contribution is 2.34. The molecule has 0 unspecified atom stereocenters. The van der Waals surface area contributed by atoms with E-state index in [2.05, 4.69) is 20.4 Å². The van der Waals surface area contributed by atoms with Crippen molar-refractivity contribution in [2.45, 2.75) is 32.2 Å². The number of aryl methyl sites for hydroxylation is 1. The van der Waals surface area contributed by atoms with Crippen LogP contribution in [0.25, 0.3) is 0 Å². The third kappa shape index (κ3) is 3.50. The fraction of sp³-hybridized carbons (Fsp3) is 0.533. The molecule has 2 atom stereocenters. The van der Waals surface area contributed by atoms with Gasteiger partial charge in [-0.05, 0) is 25.5 Å². The SMILES string of the molecule is CCn1nccc1[C@@H]1OCC[C@H]1CNc1nccc(C(F)(F)F)n1. The molecular formula is C15H18F3N5O. The van der Waals surface area contributed by atoms with Crippen LogP contribution in [-0.2, 0) is 17.5 Å². The number of nitrogens with one attached hydrogen (secondary N) is 1. The standard InChI is InChI=1S/C15H18F3N5O/c1-2-23-11(3-7-21-23)13-10(5-8-24-13)9-20-14-19-6-4-12(22-14)15(16,17)18/h3-4,6-7,10,13H,2,5,8-9H2,1H3,(H,19,20,22)/t10-,13+/m0/s1. The highest BCUT2D eigenvalue weighted by atomic mass is 19.4. The summed E-state index contributed by atoms with van der Waals surface area (Å²) in [5.41, 5.74) is 0.0232. The Bertz CT molecular complexity index is 688. The van der Waals surface area contributed by atoms with Crippen molar-refractivity contribution in [3.63, 3.8) is 0 Å². The number of aromatic nitrogens is 4. The molecule has 3 heterocycles. The molecular weight excluding hydrogens is 323 g/mol. The molecule has 1 fully saturated rings. The molecule has 0 amide bonds. The molecule has 0 saturated carbocycles. The van der Waals surface area contributed by atoms with Crippen molar-refractivity contribution in [3.8, 4) is 0 Å². The Kier molecular flexibility index (Phi) is 4.70. The molecule has 130 valence electrons. The Balaban J connectivity index is 1.68. The molecule has 0 radical (unpaired) electrons. The average molecular weight is 341 g/mol. The van der Waals surface area contributed by atoms with E-state index in [4.69, 9.17) is 4.74 Å². The van der Waals surface area contributed by atoms with Crippen molar-refractivity contribution >= 4 is 5.95 Å². The lowest BCUT2D eigenvalue weighted by atomic mass is 9.99. The summed E-state index contributed by atoms with van der Waals surface area (Å²) in [7, 11) is 0. The van der Waals surface area contributed by atoms with Gasteiger partial charge in [-0.15, -0.1) is 0 Å². The van der Waals surface area contributed by atoms with Crippen LogP contribution in [0.2, 0.25) is 0 Å². The molecule has 24 heavy (non-hydrogen) atoms. The Morgan fingerprint density at radius 2 is 2.17 bits per heavy atom. The maximum Gasteiger partial charge on any atom is 0.433 e. The topological polar surface area (TPSA) is 64.9 Å². The molecule has 9 heteroatoms. The van der Waals surface area contributed by atoms with E-state index in [0.29, 0.717) is 13.2 Å². The molecule has 1 aliphatic rings. The van der Waals surface area contributed by atoms with Crippen molar-refractivity contribution < 1.29 is 17.9 Å². The van der Waals surface area contributed by atoms with Gasteiger partial charge in [-0.2, -0.15) is 18.3 Å². The van der Waals surface area contributed by atoms with Crippen molar-refractivity contribution in [1.29, 1.82) is 0 Å². The van der Waals surface area contributed by atoms with E-state index in [0.717, 1.165) is 30.9 Å². The molecule has 0 spiro atoms. The number of nitrogens with zero attached hydrogens (tertiary/aromatic N) is 4. The summed E-state index contributed by atoms with van der Waals surface area (Å²) in [6.07, 6.45) is -0.975. The number of ether oxygens (including phenoxy) is 1. The first-order valence-electron chi connectivity index (χ1n) is 7.76. The lowest BCUT2D eigenvalue weighted by molar-refractivity contribution is -0.141. The number of rotatable bonds is 5. The third-order valence-electron chi connectivity index (χ3n) is 4.02. The minimum Gasteiger partial charge on any atom is -0.372 e. The molecule has 2 aromatic heterocycles. The fourth-order valence-corrected chi connectivity index (χ4v) is 2.84. The van der Waals surface area contributed by atoms with E-state index < -0.39 is 11.9 Å². The summed E-state index contributed by atoms with van der Waals surface area (Å²) in [4.78, 5) is 7.38. The Morgan fingerprint density at radius 3 is 2.92 bits per heavy atom. The molecule has 1 saturated heterocycles. The van der Waals surface area contributed by atoms with Crippen LogP contribution in [0, 0.1) is 5.92 Å². The quantitative estimate of drug-likeness (QED) is 0.906. The van der Waals surface area contributed by atoms with E-state index >= 15 is 0 Å². The van der Waals surface area contributed by atoms with E-state index in [1.54, 1.807) is 6.20 Å². The van der Waals surface area contributed by atoms with Gasteiger partial charge in [0.05, 0.1) is 5.69 Å². The van der Waals surface area contributed by atoms with Crippen molar-refractivity contribution in [3.05, 3.63) is 35.9 Å². The zero-order valence-corrected chi connectivity index (χ0v) is 13.1. The Morgan fingerprint density at radius 1 is 1.33 bits per heavy atom. The van der Waals surface area contributed by atoms with Crippen molar-refractivity contribution in [1.82, 2.24) is 19.7 Å².